The Bertz CT molecular complexity index is 206. The Hall–Kier alpha value is 0.506. The van der Waals surface area contributed by atoms with Gasteiger partial charge >= 0.3 is 61.5 Å². The maximum absolute atomic E-state index is 4.82. The Kier molecular flexibility index (Phi) is 0.265. The second-order valence-electron chi connectivity index (χ2n) is 4.68. The van der Waals surface area contributed by atoms with E-state index in [4.69, 9.17) is 15.7 Å². The third-order valence-electron chi connectivity index (χ3n) is 5.31. The van der Waals surface area contributed by atoms with Crippen molar-refractivity contribution in [2.24, 2.45) is 41.4 Å². The van der Waals surface area contributed by atoms with E-state index in [1.165, 1.54) is 23.7 Å². The molecule has 0 radical (unpaired) electrons. The Balaban J connectivity index is 1.93. The molecule has 0 aromatic carbocycles. The van der Waals surface area contributed by atoms with Gasteiger partial charge in [0.05, 0.1) is 0 Å². The zero-order chi connectivity index (χ0) is 5.54. The van der Waals surface area contributed by atoms with Gasteiger partial charge in [-0.3, -0.25) is 0 Å². The number of hydrogen-bond donors (Lipinski definition) is 0. The molecule has 6 rings (SSSR count). The van der Waals surface area contributed by atoms with Crippen molar-refractivity contribution >= 4 is 0 Å². The quantitative estimate of drug-likeness (QED) is 0.499. The summed E-state index contributed by atoms with van der Waals surface area (Å²) >= 11 is 4.82. The average Bonchev–Trinajstić information content (AvgIpc) is 1.88. The summed E-state index contributed by atoms with van der Waals surface area (Å²) in [5.41, 5.74) is 0. The van der Waals surface area contributed by atoms with Crippen molar-refractivity contribution in [1.82, 2.24) is 0 Å². The van der Waals surface area contributed by atoms with Gasteiger partial charge in [0.1, 0.15) is 0 Å². The van der Waals surface area contributed by atoms with E-state index in [0.717, 1.165) is 17.8 Å². The van der Waals surface area contributed by atoms with E-state index in [9.17, 15) is 0 Å². The van der Waals surface area contributed by atoms with Crippen LogP contribution in [0.25, 0.3) is 0 Å². The molecule has 48 valence electrons. The predicted octanol–water partition coefficient (Wildman–Crippen LogP) is 1.07. The second kappa shape index (κ2) is 0.634. The molecule has 6 fully saturated rings. The van der Waals surface area contributed by atoms with Crippen LogP contribution in [-0.4, -0.2) is 0 Å². The number of hydrogen-bond acceptors (Lipinski definition) is 0. The first-order valence-electron chi connectivity index (χ1n) is 4.03. The van der Waals surface area contributed by atoms with Gasteiger partial charge in [-0.2, -0.15) is 0 Å². The van der Waals surface area contributed by atoms with Gasteiger partial charge in [-0.15, -0.1) is 0 Å². The molecule has 0 unspecified atom stereocenters. The van der Waals surface area contributed by atoms with Gasteiger partial charge < -0.3 is 0 Å². The van der Waals surface area contributed by atoms with E-state index in [0.29, 0.717) is 4.35 Å². The van der Waals surface area contributed by atoms with Crippen molar-refractivity contribution in [3.05, 3.63) is 0 Å². The summed E-state index contributed by atoms with van der Waals surface area (Å²) in [4.78, 5) is 0. The Morgan fingerprint density at radius 1 is 0.778 bits per heavy atom. The Morgan fingerprint density at radius 3 is 1.44 bits per heavy atom. The summed E-state index contributed by atoms with van der Waals surface area (Å²) in [6.45, 7) is 0. The monoisotopic (exact) mass is 162 g/mol. The van der Waals surface area contributed by atoms with Gasteiger partial charge in [0.15, 0.2) is 0 Å². The van der Waals surface area contributed by atoms with Gasteiger partial charge in [0.2, 0.25) is 0 Å². The first-order valence-corrected chi connectivity index (χ1v) is 4.55. The topological polar surface area (TPSA) is 0 Å². The van der Waals surface area contributed by atoms with Crippen molar-refractivity contribution in [2.75, 3.05) is 0 Å². The van der Waals surface area contributed by atoms with Crippen molar-refractivity contribution in [3.8, 4) is 0 Å². The van der Waals surface area contributed by atoms with Crippen molar-refractivity contribution in [2.45, 2.75) is 4.35 Å². The van der Waals surface area contributed by atoms with Crippen LogP contribution in [0.15, 0.2) is 0 Å². The SMILES string of the molecule is [Co][C]12C3C4C5C3C1C5C42. The molecule has 0 nitrogen and oxygen atoms in total. The molecular weight excluding hydrogens is 155 g/mol. The third-order valence-corrected chi connectivity index (χ3v) is 6.35. The van der Waals surface area contributed by atoms with E-state index < -0.39 is 0 Å². The molecule has 0 spiro atoms. The molecule has 0 aromatic rings. The van der Waals surface area contributed by atoms with E-state index in [-0.39, 0.29) is 0 Å². The fraction of sp³-hybridized carbons (Fsp3) is 1.00. The molecule has 1 heteroatoms. The van der Waals surface area contributed by atoms with Crippen molar-refractivity contribution in [3.63, 3.8) is 0 Å². The molecule has 0 N–H and O–H groups in total. The van der Waals surface area contributed by atoms with Crippen LogP contribution in [0.1, 0.15) is 0 Å². The molecule has 0 bridgehead atoms. The predicted molar refractivity (Wildman–Crippen MR) is 27.1 cm³/mol. The summed E-state index contributed by atoms with van der Waals surface area (Å²) in [5, 5.41) is 0. The molecule has 6 aliphatic rings. The van der Waals surface area contributed by atoms with Crippen LogP contribution in [0.4, 0.5) is 0 Å². The zero-order valence-corrected chi connectivity index (χ0v) is 5.92. The van der Waals surface area contributed by atoms with Gasteiger partial charge in [0, 0.05) is 0 Å². The van der Waals surface area contributed by atoms with Crippen molar-refractivity contribution < 1.29 is 15.7 Å². The van der Waals surface area contributed by atoms with Gasteiger partial charge in [0.25, 0.3) is 0 Å². The van der Waals surface area contributed by atoms with Crippen LogP contribution in [0, 0.1) is 41.4 Å². The first kappa shape index (κ1) is 3.77. The molecule has 0 amide bonds. The molecule has 0 aliphatic heterocycles. The molecule has 6 saturated carbocycles. The summed E-state index contributed by atoms with van der Waals surface area (Å²) < 4.78 is 0.655. The van der Waals surface area contributed by atoms with Crippen LogP contribution in [0.5, 0.6) is 0 Å². The van der Waals surface area contributed by atoms with E-state index >= 15 is 0 Å². The normalized spacial score (nSPS) is 106. The summed E-state index contributed by atoms with van der Waals surface area (Å²) in [7, 11) is 0. The summed E-state index contributed by atoms with van der Waals surface area (Å²) in [5.74, 6) is 8.35. The van der Waals surface area contributed by atoms with Crippen LogP contribution in [0.2, 0.25) is 4.35 Å². The Labute approximate surface area is 62.0 Å². The third kappa shape index (κ3) is 0.121. The van der Waals surface area contributed by atoms with Crippen molar-refractivity contribution in [1.29, 1.82) is 0 Å². The van der Waals surface area contributed by atoms with Gasteiger partial charge in [-0.05, 0) is 0 Å². The van der Waals surface area contributed by atoms with E-state index in [2.05, 4.69) is 0 Å². The zero-order valence-electron chi connectivity index (χ0n) is 4.87. The van der Waals surface area contributed by atoms with E-state index in [1.54, 1.807) is 0 Å². The van der Waals surface area contributed by atoms with Gasteiger partial charge in [-0.1, -0.05) is 0 Å². The minimum absolute atomic E-state index is 0.655. The number of rotatable bonds is 0. The fourth-order valence-corrected chi connectivity index (χ4v) is 6.44. The maximum atomic E-state index is 4.82. The van der Waals surface area contributed by atoms with E-state index in [1.807, 2.05) is 0 Å². The second-order valence-corrected chi connectivity index (χ2v) is 5.58. The molecular formula is C8H7Co. The first-order chi connectivity index (χ1) is 4.37. The molecule has 0 heterocycles. The molecule has 9 heavy (non-hydrogen) atoms. The molecule has 0 aromatic heterocycles. The van der Waals surface area contributed by atoms with Crippen LogP contribution < -0.4 is 0 Å². The molecule has 0 atom stereocenters. The van der Waals surface area contributed by atoms with Crippen LogP contribution in [0.3, 0.4) is 0 Å². The van der Waals surface area contributed by atoms with Crippen LogP contribution in [-0.2, 0) is 15.7 Å². The molecule has 0 saturated heterocycles. The summed E-state index contributed by atoms with van der Waals surface area (Å²) in [6, 6.07) is 0. The Morgan fingerprint density at radius 2 is 1.22 bits per heavy atom. The summed E-state index contributed by atoms with van der Waals surface area (Å²) in [6.07, 6.45) is 0. The molecule has 6 aliphatic carbocycles. The van der Waals surface area contributed by atoms with Crippen LogP contribution >= 0.6 is 0 Å². The standard InChI is InChI=1S/C8H7.Co/c1-2-5-3(1)7-4(1)6(2)8(5)7;/h1-7H;. The average molecular weight is 162 g/mol. The van der Waals surface area contributed by atoms with Gasteiger partial charge in [-0.25, -0.2) is 0 Å². The fourth-order valence-electron chi connectivity index (χ4n) is 5.24. The minimum atomic E-state index is 0.655.